The highest BCUT2D eigenvalue weighted by Crippen LogP contribution is 2.32. The van der Waals surface area contributed by atoms with E-state index in [1.54, 1.807) is 12.1 Å². The summed E-state index contributed by atoms with van der Waals surface area (Å²) in [6.45, 7) is 6.67. The van der Waals surface area contributed by atoms with Gasteiger partial charge in [0, 0.05) is 5.56 Å². The Balaban J connectivity index is 1.45. The maximum atomic E-state index is 12.8. The molecule has 172 valence electrons. The summed E-state index contributed by atoms with van der Waals surface area (Å²) in [6.07, 6.45) is 0. The third-order valence-corrected chi connectivity index (χ3v) is 7.07. The van der Waals surface area contributed by atoms with Crippen LogP contribution in [0.1, 0.15) is 40.0 Å². The fourth-order valence-electron chi connectivity index (χ4n) is 3.54. The lowest BCUT2D eigenvalue weighted by Gasteiger charge is -2.21. The number of hydrogen-bond acceptors (Lipinski definition) is 5. The van der Waals surface area contributed by atoms with Gasteiger partial charge < -0.3 is 14.8 Å². The number of aryl methyl sites for hydroxylation is 1. The Morgan fingerprint density at radius 1 is 0.939 bits per heavy atom. The van der Waals surface area contributed by atoms with Crippen LogP contribution >= 0.6 is 0 Å². The first-order valence-electron chi connectivity index (χ1n) is 10.6. The van der Waals surface area contributed by atoms with E-state index in [2.05, 4.69) is 10.0 Å². The second kappa shape index (κ2) is 9.15. The van der Waals surface area contributed by atoms with Gasteiger partial charge in [-0.25, -0.2) is 8.42 Å². The zero-order valence-electron chi connectivity index (χ0n) is 18.7. The van der Waals surface area contributed by atoms with Gasteiger partial charge in [0.25, 0.3) is 15.9 Å². The van der Waals surface area contributed by atoms with E-state index in [0.717, 1.165) is 16.7 Å². The maximum Gasteiger partial charge on any atom is 0.261 e. The molecule has 0 aromatic heterocycles. The van der Waals surface area contributed by atoms with Gasteiger partial charge >= 0.3 is 0 Å². The Hall–Kier alpha value is -3.52. The topological polar surface area (TPSA) is 93.7 Å². The maximum absolute atomic E-state index is 12.8. The van der Waals surface area contributed by atoms with E-state index < -0.39 is 10.0 Å². The van der Waals surface area contributed by atoms with E-state index in [4.69, 9.17) is 9.47 Å². The van der Waals surface area contributed by atoms with Gasteiger partial charge in [0.15, 0.2) is 11.5 Å². The van der Waals surface area contributed by atoms with Crippen molar-refractivity contribution in [3.63, 3.8) is 0 Å². The number of fused-ring (bicyclic) bond motifs is 1. The molecule has 0 unspecified atom stereocenters. The number of carbonyl (C=O) groups is 1. The number of benzene rings is 3. The summed E-state index contributed by atoms with van der Waals surface area (Å²) in [5, 5.41) is 2.93. The van der Waals surface area contributed by atoms with Crippen molar-refractivity contribution in [2.75, 3.05) is 17.9 Å². The average molecular weight is 467 g/mol. The normalized spacial score (nSPS) is 13.8. The molecule has 1 aliphatic rings. The van der Waals surface area contributed by atoms with Gasteiger partial charge in [0.2, 0.25) is 0 Å². The highest BCUT2D eigenvalue weighted by molar-refractivity contribution is 7.92. The van der Waals surface area contributed by atoms with Gasteiger partial charge in [-0.1, -0.05) is 18.2 Å². The quantitative estimate of drug-likeness (QED) is 0.563. The monoisotopic (exact) mass is 466 g/mol. The molecule has 1 heterocycles. The number of rotatable bonds is 6. The number of amides is 1. The lowest BCUT2D eigenvalue weighted by molar-refractivity contribution is 0.0939. The van der Waals surface area contributed by atoms with Crippen LogP contribution < -0.4 is 19.5 Å². The lowest BCUT2D eigenvalue weighted by Crippen LogP contribution is -2.27. The Kier molecular flexibility index (Phi) is 6.29. The summed E-state index contributed by atoms with van der Waals surface area (Å²) in [5.41, 5.74) is 3.64. The predicted octanol–water partition coefficient (Wildman–Crippen LogP) is 4.37. The lowest BCUT2D eigenvalue weighted by atomic mass is 10.1. The summed E-state index contributed by atoms with van der Waals surface area (Å²) < 4.78 is 39.3. The van der Waals surface area contributed by atoms with Crippen molar-refractivity contribution in [3.05, 3.63) is 82.9 Å². The van der Waals surface area contributed by atoms with Crippen LogP contribution in [-0.4, -0.2) is 27.5 Å². The number of sulfonamides is 1. The molecule has 1 atom stereocenters. The number of ether oxygens (including phenoxy) is 2. The van der Waals surface area contributed by atoms with Crippen LogP contribution in [0.3, 0.4) is 0 Å². The summed E-state index contributed by atoms with van der Waals surface area (Å²) in [4.78, 5) is 12.8. The molecule has 1 amide bonds. The molecule has 0 fully saturated rings. The van der Waals surface area contributed by atoms with Crippen molar-refractivity contribution in [1.29, 1.82) is 0 Å². The summed E-state index contributed by atoms with van der Waals surface area (Å²) in [6, 6.07) is 16.6. The van der Waals surface area contributed by atoms with E-state index in [1.165, 1.54) is 24.3 Å². The van der Waals surface area contributed by atoms with Crippen molar-refractivity contribution < 1.29 is 22.7 Å². The first-order chi connectivity index (χ1) is 15.7. The Labute approximate surface area is 193 Å². The van der Waals surface area contributed by atoms with Crippen LogP contribution in [0.15, 0.2) is 65.6 Å². The summed E-state index contributed by atoms with van der Waals surface area (Å²) in [7, 11) is -3.78. The van der Waals surface area contributed by atoms with Crippen molar-refractivity contribution in [2.45, 2.75) is 31.7 Å². The fourth-order valence-corrected chi connectivity index (χ4v) is 4.67. The van der Waals surface area contributed by atoms with E-state index in [-0.39, 0.29) is 16.8 Å². The molecule has 3 aromatic carbocycles. The van der Waals surface area contributed by atoms with Gasteiger partial charge in [-0.05, 0) is 79.9 Å². The van der Waals surface area contributed by atoms with Gasteiger partial charge in [-0.15, -0.1) is 0 Å². The second-order valence-corrected chi connectivity index (χ2v) is 9.66. The Bertz CT molecular complexity index is 1290. The number of nitrogens with one attached hydrogen (secondary N) is 2. The predicted molar refractivity (Wildman–Crippen MR) is 126 cm³/mol. The molecule has 2 N–H and O–H groups in total. The van der Waals surface area contributed by atoms with Crippen molar-refractivity contribution >= 4 is 21.6 Å². The molecule has 33 heavy (non-hydrogen) atoms. The van der Waals surface area contributed by atoms with Crippen molar-refractivity contribution in [2.24, 2.45) is 0 Å². The smallest absolute Gasteiger partial charge is 0.261 e. The van der Waals surface area contributed by atoms with E-state index in [1.807, 2.05) is 45.0 Å². The highest BCUT2D eigenvalue weighted by Gasteiger charge is 2.19. The summed E-state index contributed by atoms with van der Waals surface area (Å²) >= 11 is 0. The molecule has 8 heteroatoms. The molecule has 0 bridgehead atoms. The number of anilines is 1. The van der Waals surface area contributed by atoms with Gasteiger partial charge in [-0.3, -0.25) is 9.52 Å². The zero-order valence-corrected chi connectivity index (χ0v) is 19.5. The Morgan fingerprint density at radius 2 is 1.64 bits per heavy atom. The van der Waals surface area contributed by atoms with Crippen LogP contribution in [0.2, 0.25) is 0 Å². The molecular weight excluding hydrogens is 440 g/mol. The van der Waals surface area contributed by atoms with Crippen LogP contribution in [-0.2, 0) is 10.0 Å². The van der Waals surface area contributed by atoms with E-state index in [0.29, 0.717) is 36.0 Å². The molecular formula is C25H26N2O5S. The first kappa shape index (κ1) is 22.7. The summed E-state index contributed by atoms with van der Waals surface area (Å²) in [5.74, 6) is 1.05. The van der Waals surface area contributed by atoms with Crippen LogP contribution in [0, 0.1) is 13.8 Å². The minimum atomic E-state index is -3.78. The van der Waals surface area contributed by atoms with E-state index >= 15 is 0 Å². The molecule has 0 saturated heterocycles. The minimum Gasteiger partial charge on any atom is -0.486 e. The molecule has 1 aliphatic heterocycles. The van der Waals surface area contributed by atoms with Crippen LogP contribution in [0.4, 0.5) is 5.69 Å². The molecule has 0 spiro atoms. The van der Waals surface area contributed by atoms with Crippen LogP contribution in [0.25, 0.3) is 0 Å². The number of carbonyl (C=O) groups excluding carboxylic acids is 1. The largest absolute Gasteiger partial charge is 0.486 e. The molecule has 0 aliphatic carbocycles. The third-order valence-electron chi connectivity index (χ3n) is 5.69. The second-order valence-electron chi connectivity index (χ2n) is 7.98. The first-order valence-corrected chi connectivity index (χ1v) is 12.1. The number of hydrogen-bond donors (Lipinski definition) is 2. The third kappa shape index (κ3) is 4.96. The molecule has 3 aromatic rings. The highest BCUT2D eigenvalue weighted by atomic mass is 32.2. The SMILES string of the molecule is Cc1cccc(NS(=O)(=O)c2ccc(C(=O)N[C@@H](C)c3ccc4c(c3)OCCO4)cc2)c1C. The molecule has 0 saturated carbocycles. The van der Waals surface area contributed by atoms with Crippen LogP contribution in [0.5, 0.6) is 11.5 Å². The molecule has 7 nitrogen and oxygen atoms in total. The zero-order chi connectivity index (χ0) is 23.6. The fraction of sp³-hybridized carbons (Fsp3) is 0.240. The van der Waals surface area contributed by atoms with Gasteiger partial charge in [0.1, 0.15) is 13.2 Å². The van der Waals surface area contributed by atoms with Gasteiger partial charge in [0.05, 0.1) is 16.6 Å². The molecule has 4 rings (SSSR count). The Morgan fingerprint density at radius 3 is 2.36 bits per heavy atom. The standard InChI is InChI=1S/C25H26N2O5S/c1-16-5-4-6-22(17(16)2)27-33(29,30)21-10-7-19(8-11-21)25(28)26-18(3)20-9-12-23-24(15-20)32-14-13-31-23/h4-12,15,18,27H,13-14H2,1-3H3,(H,26,28)/t18-/m0/s1. The van der Waals surface area contributed by atoms with Crippen molar-refractivity contribution in [1.82, 2.24) is 5.32 Å². The van der Waals surface area contributed by atoms with Gasteiger partial charge in [-0.2, -0.15) is 0 Å². The molecule has 0 radical (unpaired) electrons. The van der Waals surface area contributed by atoms with E-state index in [9.17, 15) is 13.2 Å². The average Bonchev–Trinajstić information content (AvgIpc) is 2.81. The van der Waals surface area contributed by atoms with Crippen molar-refractivity contribution in [3.8, 4) is 11.5 Å². The minimum absolute atomic E-state index is 0.0832.